The Morgan fingerprint density at radius 3 is 2.55 bits per heavy atom. The first kappa shape index (κ1) is 28.6. The van der Waals surface area contributed by atoms with E-state index in [2.05, 4.69) is 25.4 Å². The fourth-order valence-corrected chi connectivity index (χ4v) is 5.68. The average molecular weight is 593 g/mol. The van der Waals surface area contributed by atoms with Crippen molar-refractivity contribution in [2.24, 2.45) is 11.7 Å². The fraction of sp³-hybridized carbons (Fsp3) is 0.219. The maximum absolute atomic E-state index is 15.6. The molecule has 3 amide bonds. The first-order chi connectivity index (χ1) is 21.2. The molecule has 2 aromatic carbocycles. The summed E-state index contributed by atoms with van der Waals surface area (Å²) in [4.78, 5) is 53.3. The smallest absolute Gasteiger partial charge is 0.269 e. The summed E-state index contributed by atoms with van der Waals surface area (Å²) in [6, 6.07) is 13.1. The number of hydrogen-bond donors (Lipinski definition) is 2. The number of hydrogen-bond acceptors (Lipinski definition) is 7. The highest BCUT2D eigenvalue weighted by molar-refractivity contribution is 6.05. The highest BCUT2D eigenvalue weighted by Crippen LogP contribution is 2.31. The van der Waals surface area contributed by atoms with Crippen molar-refractivity contribution in [1.82, 2.24) is 29.6 Å². The normalized spacial score (nSPS) is 16.3. The molecule has 1 unspecified atom stereocenters. The van der Waals surface area contributed by atoms with Crippen LogP contribution in [0, 0.1) is 18.7 Å². The number of nitrogens with zero attached hydrogens (tertiary/aromatic N) is 6. The number of nitrogens with one attached hydrogen (secondary N) is 1. The number of likely N-dealkylation sites (tertiary alicyclic amines) is 1. The zero-order valence-electron chi connectivity index (χ0n) is 24.1. The van der Waals surface area contributed by atoms with Gasteiger partial charge in [0.15, 0.2) is 11.5 Å². The minimum atomic E-state index is -0.820. The number of primary amides is 1. The molecule has 0 bridgehead atoms. The largest absolute Gasteiger partial charge is 0.364 e. The zero-order chi connectivity index (χ0) is 31.0. The summed E-state index contributed by atoms with van der Waals surface area (Å²) < 4.78 is 17.0. The molecule has 0 spiro atoms. The molecule has 0 saturated carbocycles. The highest BCUT2D eigenvalue weighted by atomic mass is 19.1. The summed E-state index contributed by atoms with van der Waals surface area (Å²) in [7, 11) is 0. The second-order valence-electron chi connectivity index (χ2n) is 11.0. The summed E-state index contributed by atoms with van der Waals surface area (Å²) in [5.74, 6) is -2.14. The van der Waals surface area contributed by atoms with Crippen LogP contribution in [0.4, 0.5) is 10.1 Å². The molecule has 11 nitrogen and oxygen atoms in total. The number of aromatic nitrogens is 5. The van der Waals surface area contributed by atoms with Crippen molar-refractivity contribution in [3.8, 4) is 22.4 Å². The maximum Gasteiger partial charge on any atom is 0.269 e. The van der Waals surface area contributed by atoms with Gasteiger partial charge < -0.3 is 16.0 Å². The zero-order valence-corrected chi connectivity index (χ0v) is 24.1. The van der Waals surface area contributed by atoms with Gasteiger partial charge in [-0.25, -0.2) is 14.4 Å². The van der Waals surface area contributed by atoms with Crippen LogP contribution in [0.2, 0.25) is 0 Å². The first-order valence-corrected chi connectivity index (χ1v) is 14.1. The van der Waals surface area contributed by atoms with Gasteiger partial charge in [-0.3, -0.25) is 24.0 Å². The van der Waals surface area contributed by atoms with Gasteiger partial charge >= 0.3 is 0 Å². The fourth-order valence-electron chi connectivity index (χ4n) is 5.68. The molecule has 3 aromatic heterocycles. The van der Waals surface area contributed by atoms with Crippen LogP contribution >= 0.6 is 0 Å². The second kappa shape index (κ2) is 11.6. The Morgan fingerprint density at radius 1 is 1.05 bits per heavy atom. The topological polar surface area (TPSA) is 149 Å². The summed E-state index contributed by atoms with van der Waals surface area (Å²) in [6.07, 6.45) is 6.48. The van der Waals surface area contributed by atoms with Crippen molar-refractivity contribution in [1.29, 1.82) is 0 Å². The molecule has 1 fully saturated rings. The van der Waals surface area contributed by atoms with Gasteiger partial charge in [0.25, 0.3) is 5.91 Å². The van der Waals surface area contributed by atoms with Gasteiger partial charge in [0.05, 0.1) is 23.1 Å². The molecule has 0 aliphatic carbocycles. The van der Waals surface area contributed by atoms with E-state index in [4.69, 9.17) is 5.73 Å². The standard InChI is InChI=1S/C32H29FN8O3/c1-18-10-26(32(44)38-24-9-5-8-22(29(24)33)21-7-4-3-6-19(21)2)40(15-18)28(42)16-41-27-14-37-25(20-12-35-17-36-13-20)11-23(27)30(39-41)31(34)43/h3-9,11-14,17-18,26H,10,15-16H2,1-2H3,(H2,34,43)(H,38,44)/t18?,26-/m0/s1. The van der Waals surface area contributed by atoms with Crippen molar-refractivity contribution in [3.05, 3.63) is 90.5 Å². The van der Waals surface area contributed by atoms with Gasteiger partial charge in [-0.2, -0.15) is 5.10 Å². The SMILES string of the molecule is Cc1ccccc1-c1cccc(NC(=O)[C@@H]2CC(C)CN2C(=O)Cn2nc(C(N)=O)c3cc(-c4cncnc4)ncc32)c1F. The predicted molar refractivity (Wildman–Crippen MR) is 162 cm³/mol. The van der Waals surface area contributed by atoms with Crippen molar-refractivity contribution in [3.63, 3.8) is 0 Å². The van der Waals surface area contributed by atoms with E-state index in [-0.39, 0.29) is 29.8 Å². The Kier molecular flexibility index (Phi) is 7.56. The number of amides is 3. The lowest BCUT2D eigenvalue weighted by Gasteiger charge is -2.24. The third-order valence-corrected chi connectivity index (χ3v) is 7.84. The molecule has 1 aliphatic rings. The summed E-state index contributed by atoms with van der Waals surface area (Å²) in [5, 5.41) is 7.46. The molecule has 44 heavy (non-hydrogen) atoms. The van der Waals surface area contributed by atoms with E-state index in [0.717, 1.165) is 11.1 Å². The Bertz CT molecular complexity index is 1910. The van der Waals surface area contributed by atoms with Crippen LogP contribution in [0.1, 0.15) is 29.4 Å². The van der Waals surface area contributed by atoms with E-state index >= 15 is 4.39 Å². The van der Waals surface area contributed by atoms with Crippen molar-refractivity contribution >= 4 is 34.3 Å². The molecule has 4 heterocycles. The van der Waals surface area contributed by atoms with E-state index in [0.29, 0.717) is 40.7 Å². The molecule has 5 aromatic rings. The Balaban J connectivity index is 1.25. The van der Waals surface area contributed by atoms with Gasteiger partial charge in [0.2, 0.25) is 11.8 Å². The highest BCUT2D eigenvalue weighted by Gasteiger charge is 2.38. The predicted octanol–water partition coefficient (Wildman–Crippen LogP) is 3.98. The Labute approximate surface area is 251 Å². The number of fused-ring (bicyclic) bond motifs is 1. The lowest BCUT2D eigenvalue weighted by Crippen LogP contribution is -2.44. The number of carbonyl (C=O) groups excluding carboxylic acids is 3. The number of anilines is 1. The molecular formula is C32H29FN8O3. The number of benzene rings is 2. The minimum absolute atomic E-state index is 0.0126. The van der Waals surface area contributed by atoms with Crippen molar-refractivity contribution in [2.45, 2.75) is 32.9 Å². The van der Waals surface area contributed by atoms with Crippen LogP contribution in [-0.2, 0) is 16.1 Å². The quantitative estimate of drug-likeness (QED) is 0.290. The number of aryl methyl sites for hydroxylation is 1. The minimum Gasteiger partial charge on any atom is -0.364 e. The van der Waals surface area contributed by atoms with Gasteiger partial charge in [-0.15, -0.1) is 0 Å². The molecular weight excluding hydrogens is 563 g/mol. The monoisotopic (exact) mass is 592 g/mol. The molecule has 222 valence electrons. The lowest BCUT2D eigenvalue weighted by atomic mass is 9.99. The molecule has 12 heteroatoms. The number of nitrogens with two attached hydrogens (primary N) is 1. The third kappa shape index (κ3) is 5.37. The van der Waals surface area contributed by atoms with Crippen molar-refractivity contribution in [2.75, 3.05) is 11.9 Å². The molecule has 6 rings (SSSR count). The van der Waals surface area contributed by atoms with Gasteiger partial charge in [0, 0.05) is 35.5 Å². The van der Waals surface area contributed by atoms with Gasteiger partial charge in [-0.05, 0) is 42.5 Å². The van der Waals surface area contributed by atoms with E-state index < -0.39 is 23.7 Å². The van der Waals surface area contributed by atoms with Gasteiger partial charge in [-0.1, -0.05) is 43.3 Å². The summed E-state index contributed by atoms with van der Waals surface area (Å²) in [6.45, 7) is 3.92. The first-order valence-electron chi connectivity index (χ1n) is 14.1. The molecule has 3 N–H and O–H groups in total. The molecule has 2 atom stereocenters. The van der Waals surface area contributed by atoms with Crippen LogP contribution in [0.5, 0.6) is 0 Å². The van der Waals surface area contributed by atoms with Gasteiger partial charge in [0.1, 0.15) is 18.9 Å². The number of carbonyl (C=O) groups is 3. The molecule has 1 aliphatic heterocycles. The third-order valence-electron chi connectivity index (χ3n) is 7.84. The number of halogens is 1. The Hall–Kier alpha value is -5.52. The molecule has 1 saturated heterocycles. The summed E-state index contributed by atoms with van der Waals surface area (Å²) in [5.41, 5.74) is 9.23. The van der Waals surface area contributed by atoms with Crippen LogP contribution in [0.3, 0.4) is 0 Å². The van der Waals surface area contributed by atoms with E-state index in [1.165, 1.54) is 28.2 Å². The summed E-state index contributed by atoms with van der Waals surface area (Å²) >= 11 is 0. The van der Waals surface area contributed by atoms with Crippen LogP contribution in [-0.4, -0.2) is 59.9 Å². The number of rotatable bonds is 7. The lowest BCUT2D eigenvalue weighted by molar-refractivity contribution is -0.137. The van der Waals surface area contributed by atoms with E-state index in [9.17, 15) is 14.4 Å². The van der Waals surface area contributed by atoms with E-state index in [1.54, 1.807) is 30.6 Å². The average Bonchev–Trinajstić information content (AvgIpc) is 3.59. The van der Waals surface area contributed by atoms with Crippen LogP contribution in [0.15, 0.2) is 73.4 Å². The van der Waals surface area contributed by atoms with Crippen LogP contribution < -0.4 is 11.1 Å². The Morgan fingerprint density at radius 2 is 1.80 bits per heavy atom. The maximum atomic E-state index is 15.6. The van der Waals surface area contributed by atoms with E-state index in [1.807, 2.05) is 38.1 Å². The van der Waals surface area contributed by atoms with Crippen LogP contribution in [0.25, 0.3) is 33.3 Å². The number of pyridine rings is 1. The molecule has 0 radical (unpaired) electrons. The second-order valence-corrected chi connectivity index (χ2v) is 11.0. The van der Waals surface area contributed by atoms with Crippen molar-refractivity contribution < 1.29 is 18.8 Å².